The smallest absolute Gasteiger partial charge is 0.416 e. The Morgan fingerprint density at radius 3 is 1.26 bits per heavy atom. The number of anilines is 12. The molecule has 0 aliphatic rings. The Kier molecular flexibility index (Phi) is 24.0. The lowest BCUT2D eigenvalue weighted by Crippen LogP contribution is -2.33. The van der Waals surface area contributed by atoms with Crippen molar-refractivity contribution in [3.63, 3.8) is 0 Å². The molecule has 7 aromatic carbocycles. The van der Waals surface area contributed by atoms with Crippen molar-refractivity contribution in [3.8, 4) is 16.9 Å². The molecule has 103 heavy (non-hydrogen) atoms. The number of nitrogens with one attached hydrogen (secondary N) is 9. The van der Waals surface area contributed by atoms with Gasteiger partial charge < -0.3 is 52.6 Å². The molecule has 0 saturated heterocycles. The van der Waals surface area contributed by atoms with E-state index in [1.165, 1.54) is 61.1 Å². The number of benzene rings is 7. The number of aromatic nitrogens is 10. The lowest BCUT2D eigenvalue weighted by Gasteiger charge is -2.18. The van der Waals surface area contributed by atoms with Crippen molar-refractivity contribution >= 4 is 127 Å². The Balaban J connectivity index is 0.000000180. The SMILES string of the molecule is CNc1ncnc(N(C)C(=O)Nc2cc(C(=O)Nc3cc(OC)cc(C(F)(F)F)c3)ccc2C)n1.CNc1ncnc(N(C)C(=O)Nc2cc(C(=O)Nc3ccc4sc(C)nc4c3)ccc2C)n1.CNc1ncnc(N(C)C(=O)Nc2cc(C(=O)Nc3cccc(-c4ccccc4)c3)ccc2C)n1. The maximum atomic E-state index is 13.2. The topological polar surface area (TPSA) is 359 Å². The summed E-state index contributed by atoms with van der Waals surface area (Å²) in [6.07, 6.45) is -0.732. The predicted octanol–water partition coefficient (Wildman–Crippen LogP) is 13.0. The standard InChI is InChI=1S/C26H25N7O2.C22H22F3N7O3.C22H22N8O2S/c1-17-12-13-20(15-22(17)31-26(35)33(3)25-29-16-28-24(27-2)32-25)23(34)30-21-11-7-10-19(14-21)18-8-5-4-6-9-18;1-12-5-6-13(18(33)29-15-8-14(22(23,24)25)9-16(10-15)35-4)7-17(12)30-21(34)32(3)20-28-11-27-19(26-2)31-20;1-12-5-6-14(19(31)27-15-7-8-18-17(10-15)26-13(2)33-18)9-16(12)28-22(32)30(4)21-25-11-24-20(23-3)29-21/h4-16H,1-3H3,(H,30,34)(H,31,35)(H,27,28,29,32);5-11H,1-4H3,(H,29,33)(H,30,34)(H,26,27,28,31);5-11H,1-4H3,(H,27,31)(H,28,32)(H,23,24,25,29). The zero-order chi connectivity index (χ0) is 74.1. The minimum absolute atomic E-state index is 0.0604. The highest BCUT2D eigenvalue weighted by Crippen LogP contribution is 2.35. The number of rotatable bonds is 17. The first-order valence-electron chi connectivity index (χ1n) is 31.1. The first kappa shape index (κ1) is 73.9. The molecule has 0 radical (unpaired) electrons. The highest BCUT2D eigenvalue weighted by atomic mass is 32.1. The molecule has 9 amide bonds. The van der Waals surface area contributed by atoms with Gasteiger partial charge in [-0.25, -0.2) is 49.3 Å². The zero-order valence-corrected chi connectivity index (χ0v) is 58.1. The van der Waals surface area contributed by atoms with Gasteiger partial charge in [0.05, 0.1) is 27.9 Å². The number of amides is 9. The molecule has 9 N–H and O–H groups in total. The molecule has 33 heteroatoms. The summed E-state index contributed by atoms with van der Waals surface area (Å²) in [4.78, 5) is 121. The Labute approximate surface area is 592 Å². The monoisotopic (exact) mass is 1420 g/mol. The van der Waals surface area contributed by atoms with Crippen LogP contribution in [0.3, 0.4) is 0 Å². The van der Waals surface area contributed by atoms with Gasteiger partial charge in [-0.1, -0.05) is 60.7 Å². The van der Waals surface area contributed by atoms with E-state index < -0.39 is 35.7 Å². The molecular weight excluding hydrogens is 1350 g/mol. The number of hydrogen-bond donors (Lipinski definition) is 9. The molecule has 29 nitrogen and oxygen atoms in total. The van der Waals surface area contributed by atoms with E-state index in [1.54, 1.807) is 96.0 Å². The van der Waals surface area contributed by atoms with Crippen LogP contribution >= 0.6 is 11.3 Å². The molecule has 0 fully saturated rings. The Bertz CT molecular complexity index is 4940. The summed E-state index contributed by atoms with van der Waals surface area (Å²) in [7, 11) is 10.8. The largest absolute Gasteiger partial charge is 0.497 e. The third-order valence-corrected chi connectivity index (χ3v) is 16.0. The number of aryl methyl sites for hydroxylation is 4. The second kappa shape index (κ2) is 33.5. The van der Waals surface area contributed by atoms with Crippen LogP contribution in [-0.4, -0.2) is 135 Å². The number of ether oxygens (including phenoxy) is 1. The van der Waals surface area contributed by atoms with Crippen molar-refractivity contribution in [3.05, 3.63) is 209 Å². The first-order chi connectivity index (χ1) is 49.3. The van der Waals surface area contributed by atoms with E-state index in [2.05, 4.69) is 97.7 Å². The zero-order valence-electron chi connectivity index (χ0n) is 57.3. The van der Waals surface area contributed by atoms with Crippen LogP contribution < -0.4 is 67.3 Å². The molecule has 0 aliphatic carbocycles. The summed E-state index contributed by atoms with van der Waals surface area (Å²) in [5, 5.41) is 25.9. The van der Waals surface area contributed by atoms with Crippen LogP contribution in [0.2, 0.25) is 0 Å². The number of methoxy groups -OCH3 is 1. The highest BCUT2D eigenvalue weighted by molar-refractivity contribution is 7.18. The van der Waals surface area contributed by atoms with Crippen LogP contribution in [-0.2, 0) is 6.18 Å². The fourth-order valence-corrected chi connectivity index (χ4v) is 10.2. The number of nitrogens with zero attached hydrogens (tertiary/aromatic N) is 13. The highest BCUT2D eigenvalue weighted by Gasteiger charge is 2.32. The van der Waals surface area contributed by atoms with Crippen LogP contribution in [0.1, 0.15) is 58.3 Å². The first-order valence-corrected chi connectivity index (χ1v) is 31.9. The van der Waals surface area contributed by atoms with Crippen molar-refractivity contribution in [1.82, 2.24) is 49.8 Å². The van der Waals surface area contributed by atoms with Crippen LogP contribution in [0.25, 0.3) is 21.3 Å². The van der Waals surface area contributed by atoms with Crippen molar-refractivity contribution in [2.45, 2.75) is 33.9 Å². The van der Waals surface area contributed by atoms with Gasteiger partial charge in [0, 0.05) is 99.2 Å². The van der Waals surface area contributed by atoms with E-state index >= 15 is 0 Å². The van der Waals surface area contributed by atoms with Crippen LogP contribution in [0.15, 0.2) is 165 Å². The molecule has 11 aromatic rings. The van der Waals surface area contributed by atoms with E-state index in [0.717, 1.165) is 54.5 Å². The van der Waals surface area contributed by atoms with E-state index in [0.29, 0.717) is 57.0 Å². The Morgan fingerprint density at radius 2 is 0.845 bits per heavy atom. The van der Waals surface area contributed by atoms with E-state index in [1.807, 2.05) is 93.6 Å². The molecule has 0 aliphatic heterocycles. The Morgan fingerprint density at radius 1 is 0.427 bits per heavy atom. The van der Waals surface area contributed by atoms with Gasteiger partial charge in [-0.05, 0) is 134 Å². The maximum Gasteiger partial charge on any atom is 0.416 e. The maximum absolute atomic E-state index is 13.2. The third kappa shape index (κ3) is 19.5. The van der Waals surface area contributed by atoms with Crippen molar-refractivity contribution in [2.75, 3.05) is 112 Å². The van der Waals surface area contributed by atoms with Crippen molar-refractivity contribution in [1.29, 1.82) is 0 Å². The van der Waals surface area contributed by atoms with E-state index in [9.17, 15) is 41.9 Å². The molecule has 11 rings (SSSR count). The summed E-state index contributed by atoms with van der Waals surface area (Å²) in [6.45, 7) is 7.36. The number of carbonyl (C=O) groups is 6. The number of fused-ring (bicyclic) bond motifs is 1. The second-order valence-electron chi connectivity index (χ2n) is 22.3. The van der Waals surface area contributed by atoms with Gasteiger partial charge in [-0.2, -0.15) is 28.1 Å². The van der Waals surface area contributed by atoms with Gasteiger partial charge in [0.15, 0.2) is 0 Å². The van der Waals surface area contributed by atoms with Crippen LogP contribution in [0.4, 0.5) is 97.4 Å². The molecule has 528 valence electrons. The Hall–Kier alpha value is -13.3. The quantitative estimate of drug-likeness (QED) is 0.0409. The van der Waals surface area contributed by atoms with Gasteiger partial charge in [0.25, 0.3) is 17.7 Å². The molecule has 4 heterocycles. The molecule has 0 saturated carbocycles. The average Bonchev–Trinajstić information content (AvgIpc) is 1.68. The number of alkyl halides is 3. The van der Waals surface area contributed by atoms with E-state index in [4.69, 9.17) is 4.74 Å². The molecule has 0 spiro atoms. The molecular formula is C70H69F3N22O7S. The van der Waals surface area contributed by atoms with Gasteiger partial charge in [0.2, 0.25) is 35.7 Å². The fourth-order valence-electron chi connectivity index (χ4n) is 9.36. The number of hydrogen-bond acceptors (Lipinski definition) is 21. The third-order valence-electron chi connectivity index (χ3n) is 15.1. The van der Waals surface area contributed by atoms with Crippen LogP contribution in [0.5, 0.6) is 5.75 Å². The fraction of sp³-hybridized carbons (Fsp3) is 0.171. The lowest BCUT2D eigenvalue weighted by atomic mass is 10.0. The van der Waals surface area contributed by atoms with Crippen molar-refractivity contribution < 1.29 is 46.7 Å². The van der Waals surface area contributed by atoms with Crippen molar-refractivity contribution in [2.24, 2.45) is 0 Å². The molecule has 4 aromatic heterocycles. The normalized spacial score (nSPS) is 10.7. The summed E-state index contributed by atoms with van der Waals surface area (Å²) in [6, 6.07) is 39.4. The summed E-state index contributed by atoms with van der Waals surface area (Å²) >= 11 is 1.60. The molecule has 0 unspecified atom stereocenters. The number of urea groups is 3. The lowest BCUT2D eigenvalue weighted by molar-refractivity contribution is -0.137. The van der Waals surface area contributed by atoms with Gasteiger partial charge in [-0.15, -0.1) is 11.3 Å². The minimum Gasteiger partial charge on any atom is -0.497 e. The van der Waals surface area contributed by atoms with Gasteiger partial charge in [0.1, 0.15) is 24.7 Å². The van der Waals surface area contributed by atoms with E-state index in [-0.39, 0.29) is 52.6 Å². The number of carbonyl (C=O) groups excluding carboxylic acids is 6. The van der Waals surface area contributed by atoms with Gasteiger partial charge >= 0.3 is 24.3 Å². The summed E-state index contributed by atoms with van der Waals surface area (Å²) in [5.41, 5.74) is 7.71. The average molecular weight is 1420 g/mol. The molecule has 0 atom stereocenters. The minimum atomic E-state index is -4.62. The number of thiazole rings is 1. The predicted molar refractivity (Wildman–Crippen MR) is 392 cm³/mol. The van der Waals surface area contributed by atoms with Gasteiger partial charge in [-0.3, -0.25) is 29.1 Å². The van der Waals surface area contributed by atoms with Crippen LogP contribution in [0, 0.1) is 27.7 Å². The second-order valence-corrected chi connectivity index (χ2v) is 23.5. The molecule has 0 bridgehead atoms. The summed E-state index contributed by atoms with van der Waals surface area (Å²) < 4.78 is 45.5. The number of halogens is 3. The summed E-state index contributed by atoms with van der Waals surface area (Å²) in [5.74, 6) is 0.124.